The number of hydrogen-bond acceptors (Lipinski definition) is 7. The summed E-state index contributed by atoms with van der Waals surface area (Å²) < 4.78 is 21.9. The second-order valence-electron chi connectivity index (χ2n) is 8.69. The first kappa shape index (κ1) is 24.5. The van der Waals surface area contributed by atoms with Gasteiger partial charge in [-0.05, 0) is 62.9 Å². The van der Waals surface area contributed by atoms with Gasteiger partial charge in [0, 0.05) is 31.0 Å². The van der Waals surface area contributed by atoms with Crippen LogP contribution < -0.4 is 20.4 Å². The molecule has 0 aliphatic carbocycles. The Bertz CT molecular complexity index is 1270. The van der Waals surface area contributed by atoms with Crippen LogP contribution in [0.1, 0.15) is 47.2 Å². The number of fused-ring (bicyclic) bond motifs is 1. The molecule has 8 nitrogen and oxygen atoms in total. The summed E-state index contributed by atoms with van der Waals surface area (Å²) in [5, 5.41) is 3.27. The van der Waals surface area contributed by atoms with Crippen LogP contribution in [-0.4, -0.2) is 37.7 Å². The third-order valence-electron chi connectivity index (χ3n) is 5.81. The Hall–Kier alpha value is -3.65. The van der Waals surface area contributed by atoms with Gasteiger partial charge in [0.25, 0.3) is 5.91 Å². The average molecular weight is 480 g/mol. The van der Waals surface area contributed by atoms with Gasteiger partial charge in [-0.3, -0.25) is 9.59 Å². The Balaban J connectivity index is 1.30. The van der Waals surface area contributed by atoms with Gasteiger partial charge in [0.05, 0.1) is 12.7 Å². The number of carbonyl (C=O) groups is 2. The fourth-order valence-electron chi connectivity index (χ4n) is 3.96. The summed E-state index contributed by atoms with van der Waals surface area (Å²) in [5.74, 6) is 0.140. The number of esters is 1. The molecule has 1 N–H and O–H groups in total. The molecule has 1 aliphatic rings. The molecule has 35 heavy (non-hydrogen) atoms. The van der Waals surface area contributed by atoms with E-state index in [2.05, 4.69) is 5.32 Å². The Morgan fingerprint density at radius 3 is 2.74 bits per heavy atom. The van der Waals surface area contributed by atoms with Crippen molar-refractivity contribution in [3.8, 4) is 11.5 Å². The van der Waals surface area contributed by atoms with Crippen LogP contribution in [-0.2, 0) is 9.53 Å². The molecule has 4 rings (SSSR count). The second kappa shape index (κ2) is 11.2. The Morgan fingerprint density at radius 1 is 1.11 bits per heavy atom. The number of hydrogen-bond donors (Lipinski definition) is 1. The van der Waals surface area contributed by atoms with Crippen molar-refractivity contribution in [1.29, 1.82) is 0 Å². The summed E-state index contributed by atoms with van der Waals surface area (Å²) in [5.41, 5.74) is 1.61. The van der Waals surface area contributed by atoms with Crippen molar-refractivity contribution in [3.63, 3.8) is 0 Å². The smallest absolute Gasteiger partial charge is 0.349 e. The maximum Gasteiger partial charge on any atom is 0.349 e. The lowest BCUT2D eigenvalue weighted by Crippen LogP contribution is -2.34. The van der Waals surface area contributed by atoms with E-state index in [1.165, 1.54) is 17.7 Å². The van der Waals surface area contributed by atoms with Crippen molar-refractivity contribution < 1.29 is 28.2 Å². The van der Waals surface area contributed by atoms with Crippen LogP contribution in [0.25, 0.3) is 11.0 Å². The molecule has 1 aliphatic heterocycles. The SMILES string of the molecule is Cc1ccc(OCCCC(=O)Oc2ccc3cc(C(=O)NCC4CCCO4)c(=O)oc3c2)c(C)c1. The standard InChI is InChI=1S/C27H29NO7/c1-17-7-10-23(18(2)13-17)33-12-4-6-25(29)34-20-9-8-19-14-22(27(31)35-24(19)15-20)26(30)28-16-21-5-3-11-32-21/h7-10,13-15,21H,3-6,11-12,16H2,1-2H3,(H,28,30). The van der Waals surface area contributed by atoms with E-state index in [0.717, 1.165) is 24.2 Å². The van der Waals surface area contributed by atoms with Crippen LogP contribution in [0.15, 0.2) is 51.7 Å². The predicted octanol–water partition coefficient (Wildman–Crippen LogP) is 4.08. The topological polar surface area (TPSA) is 104 Å². The molecule has 2 heterocycles. The van der Waals surface area contributed by atoms with Crippen LogP contribution in [0.2, 0.25) is 0 Å². The minimum absolute atomic E-state index is 0.0259. The average Bonchev–Trinajstić information content (AvgIpc) is 3.34. The summed E-state index contributed by atoms with van der Waals surface area (Å²) in [6.45, 7) is 5.43. The summed E-state index contributed by atoms with van der Waals surface area (Å²) in [6, 6.07) is 12.1. The predicted molar refractivity (Wildman–Crippen MR) is 130 cm³/mol. The summed E-state index contributed by atoms with van der Waals surface area (Å²) in [7, 11) is 0. The molecule has 1 amide bonds. The van der Waals surface area contributed by atoms with E-state index in [0.29, 0.717) is 31.6 Å². The molecule has 0 bridgehead atoms. The lowest BCUT2D eigenvalue weighted by molar-refractivity contribution is -0.134. The van der Waals surface area contributed by atoms with E-state index in [-0.39, 0.29) is 29.4 Å². The van der Waals surface area contributed by atoms with Crippen LogP contribution >= 0.6 is 0 Å². The zero-order chi connectivity index (χ0) is 24.8. The monoisotopic (exact) mass is 479 g/mol. The normalized spacial score (nSPS) is 15.2. The number of ether oxygens (including phenoxy) is 3. The zero-order valence-corrected chi connectivity index (χ0v) is 19.9. The van der Waals surface area contributed by atoms with Crippen molar-refractivity contribution in [2.45, 2.75) is 45.6 Å². The van der Waals surface area contributed by atoms with Crippen molar-refractivity contribution in [1.82, 2.24) is 5.32 Å². The molecule has 1 unspecified atom stereocenters. The lowest BCUT2D eigenvalue weighted by Gasteiger charge is -2.11. The van der Waals surface area contributed by atoms with Gasteiger partial charge in [-0.15, -0.1) is 0 Å². The molecule has 3 aromatic rings. The fraction of sp³-hybridized carbons (Fsp3) is 0.370. The van der Waals surface area contributed by atoms with Crippen LogP contribution in [0, 0.1) is 13.8 Å². The molecule has 0 radical (unpaired) electrons. The molecule has 8 heteroatoms. The molecular weight excluding hydrogens is 450 g/mol. The largest absolute Gasteiger partial charge is 0.493 e. The van der Waals surface area contributed by atoms with Gasteiger partial charge in [-0.1, -0.05) is 17.7 Å². The summed E-state index contributed by atoms with van der Waals surface area (Å²) >= 11 is 0. The van der Waals surface area contributed by atoms with Crippen LogP contribution in [0.4, 0.5) is 0 Å². The van der Waals surface area contributed by atoms with Crippen molar-refractivity contribution in [2.75, 3.05) is 19.8 Å². The van der Waals surface area contributed by atoms with Gasteiger partial charge in [0.15, 0.2) is 0 Å². The number of rotatable bonds is 9. The van der Waals surface area contributed by atoms with E-state index in [1.807, 2.05) is 32.0 Å². The first-order valence-electron chi connectivity index (χ1n) is 11.8. The fourth-order valence-corrected chi connectivity index (χ4v) is 3.96. The maximum absolute atomic E-state index is 12.4. The number of nitrogens with one attached hydrogen (secondary N) is 1. The van der Waals surface area contributed by atoms with E-state index < -0.39 is 17.5 Å². The Labute approximate surface area is 203 Å². The highest BCUT2D eigenvalue weighted by atomic mass is 16.5. The van der Waals surface area contributed by atoms with Gasteiger partial charge in [-0.25, -0.2) is 4.79 Å². The van der Waals surface area contributed by atoms with Crippen LogP contribution in [0.3, 0.4) is 0 Å². The molecule has 184 valence electrons. The molecule has 1 fully saturated rings. The Morgan fingerprint density at radius 2 is 1.97 bits per heavy atom. The maximum atomic E-state index is 12.4. The van der Waals surface area contributed by atoms with Crippen molar-refractivity contribution in [3.05, 3.63) is 69.6 Å². The second-order valence-corrected chi connectivity index (χ2v) is 8.69. The van der Waals surface area contributed by atoms with E-state index >= 15 is 0 Å². The minimum atomic E-state index is -0.755. The first-order valence-corrected chi connectivity index (χ1v) is 11.8. The first-order chi connectivity index (χ1) is 16.9. The number of amides is 1. The van der Waals surface area contributed by atoms with E-state index in [4.69, 9.17) is 18.6 Å². The minimum Gasteiger partial charge on any atom is -0.493 e. The van der Waals surface area contributed by atoms with Gasteiger partial charge in [0.2, 0.25) is 0 Å². The third kappa shape index (κ3) is 6.48. The van der Waals surface area contributed by atoms with Gasteiger partial charge < -0.3 is 23.9 Å². The van der Waals surface area contributed by atoms with E-state index in [1.54, 1.807) is 12.1 Å². The lowest BCUT2D eigenvalue weighted by atomic mass is 10.1. The number of benzene rings is 2. The Kier molecular flexibility index (Phi) is 7.82. The van der Waals surface area contributed by atoms with Gasteiger partial charge in [-0.2, -0.15) is 0 Å². The molecular formula is C27H29NO7. The summed E-state index contributed by atoms with van der Waals surface area (Å²) in [6.07, 6.45) is 2.50. The highest BCUT2D eigenvalue weighted by molar-refractivity contribution is 5.96. The van der Waals surface area contributed by atoms with Gasteiger partial charge in [0.1, 0.15) is 22.6 Å². The third-order valence-corrected chi connectivity index (χ3v) is 5.81. The molecule has 2 aromatic carbocycles. The molecule has 0 saturated carbocycles. The van der Waals surface area contributed by atoms with Crippen molar-refractivity contribution in [2.24, 2.45) is 0 Å². The number of aryl methyl sites for hydroxylation is 2. The summed E-state index contributed by atoms with van der Waals surface area (Å²) in [4.78, 5) is 37.0. The highest BCUT2D eigenvalue weighted by Crippen LogP contribution is 2.22. The molecule has 0 spiro atoms. The van der Waals surface area contributed by atoms with Crippen LogP contribution in [0.5, 0.6) is 11.5 Å². The molecule has 1 saturated heterocycles. The quantitative estimate of drug-likeness (QED) is 0.213. The number of carbonyl (C=O) groups excluding carboxylic acids is 2. The van der Waals surface area contributed by atoms with Crippen molar-refractivity contribution >= 4 is 22.8 Å². The molecule has 1 aromatic heterocycles. The highest BCUT2D eigenvalue weighted by Gasteiger charge is 2.19. The molecule has 1 atom stereocenters. The van der Waals surface area contributed by atoms with Gasteiger partial charge >= 0.3 is 11.6 Å². The van der Waals surface area contributed by atoms with E-state index in [9.17, 15) is 14.4 Å². The zero-order valence-electron chi connectivity index (χ0n) is 19.9.